The highest BCUT2D eigenvalue weighted by molar-refractivity contribution is 5.71. The van der Waals surface area contributed by atoms with Crippen LogP contribution in [0.4, 0.5) is 0 Å². The number of hydrogen-bond donors (Lipinski definition) is 0. The summed E-state index contributed by atoms with van der Waals surface area (Å²) in [6.07, 6.45) is 75.2. The van der Waals surface area contributed by atoms with Crippen molar-refractivity contribution in [2.24, 2.45) is 0 Å². The molecule has 6 nitrogen and oxygen atoms in total. The molecule has 0 aromatic carbocycles. The molecule has 0 aromatic heterocycles. The van der Waals surface area contributed by atoms with Gasteiger partial charge in [0.25, 0.3) is 0 Å². The quantitative estimate of drug-likeness (QED) is 0.0199. The van der Waals surface area contributed by atoms with E-state index in [9.17, 15) is 14.4 Å². The van der Waals surface area contributed by atoms with Crippen molar-refractivity contribution in [3.63, 3.8) is 0 Å². The first-order valence-electron chi connectivity index (χ1n) is 28.0. The van der Waals surface area contributed by atoms with Crippen molar-refractivity contribution < 1.29 is 28.6 Å². The summed E-state index contributed by atoms with van der Waals surface area (Å²) in [5.74, 6) is -0.995. The van der Waals surface area contributed by atoms with E-state index in [1.54, 1.807) is 0 Å². The van der Waals surface area contributed by atoms with Gasteiger partial charge in [-0.15, -0.1) is 0 Å². The summed E-state index contributed by atoms with van der Waals surface area (Å²) in [4.78, 5) is 38.1. The summed E-state index contributed by atoms with van der Waals surface area (Å²) in [5, 5.41) is 0. The molecule has 0 bridgehead atoms. The van der Waals surface area contributed by atoms with E-state index < -0.39 is 6.10 Å². The molecule has 0 aromatic rings. The van der Waals surface area contributed by atoms with Crippen LogP contribution in [0.15, 0.2) is 109 Å². The number of rotatable bonds is 49. The van der Waals surface area contributed by atoms with E-state index in [1.807, 2.05) is 54.7 Å². The number of hydrogen-bond acceptors (Lipinski definition) is 6. The first-order chi connectivity index (χ1) is 33.5. The molecule has 0 spiro atoms. The fraction of sp³-hybridized carbons (Fsp3) is 0.661. The van der Waals surface area contributed by atoms with Crippen molar-refractivity contribution in [2.75, 3.05) is 13.2 Å². The molecule has 6 heteroatoms. The summed E-state index contributed by atoms with van der Waals surface area (Å²) in [6, 6.07) is 0. The fourth-order valence-corrected chi connectivity index (χ4v) is 7.52. The molecule has 0 amide bonds. The van der Waals surface area contributed by atoms with Gasteiger partial charge in [0.2, 0.25) is 0 Å². The molecule has 0 N–H and O–H groups in total. The zero-order chi connectivity index (χ0) is 49.3. The highest BCUT2D eigenvalue weighted by Gasteiger charge is 2.19. The number of carbonyl (C=O) groups is 3. The van der Waals surface area contributed by atoms with Crippen molar-refractivity contribution in [1.29, 1.82) is 0 Å². The van der Waals surface area contributed by atoms with Crippen LogP contribution in [-0.4, -0.2) is 37.2 Å². The zero-order valence-electron chi connectivity index (χ0n) is 44.1. The normalized spacial score (nSPS) is 12.9. The van der Waals surface area contributed by atoms with Crippen LogP contribution < -0.4 is 0 Å². The maximum absolute atomic E-state index is 12.8. The van der Waals surface area contributed by atoms with Crippen molar-refractivity contribution in [3.8, 4) is 0 Å². The minimum absolute atomic E-state index is 0.108. The second-order valence-corrected chi connectivity index (χ2v) is 18.2. The third-order valence-electron chi connectivity index (χ3n) is 11.7. The maximum atomic E-state index is 12.8. The molecule has 0 aliphatic carbocycles. The SMILES string of the molecule is CC/C=C/C=C/C=C/C=C/C=C/CCCC(=O)OCC(COC(=O)CCCCCCCC/C=C/C/C=C/C/C=C/C/C=C/CC)OC(=O)CCCCCCCCCCCCCCCCCCCC. The second-order valence-electron chi connectivity index (χ2n) is 18.2. The van der Waals surface area contributed by atoms with E-state index >= 15 is 0 Å². The summed E-state index contributed by atoms with van der Waals surface area (Å²) >= 11 is 0. The van der Waals surface area contributed by atoms with E-state index in [2.05, 4.69) is 75.5 Å². The minimum atomic E-state index is -0.813. The molecule has 0 saturated heterocycles. The Morgan fingerprint density at radius 1 is 0.324 bits per heavy atom. The highest BCUT2D eigenvalue weighted by Crippen LogP contribution is 2.16. The second kappa shape index (κ2) is 55.7. The molecule has 68 heavy (non-hydrogen) atoms. The third-order valence-corrected chi connectivity index (χ3v) is 11.7. The van der Waals surface area contributed by atoms with Gasteiger partial charge in [-0.05, 0) is 70.6 Å². The number of ether oxygens (including phenoxy) is 3. The zero-order valence-corrected chi connectivity index (χ0v) is 44.1. The molecule has 0 aliphatic rings. The van der Waals surface area contributed by atoms with Crippen LogP contribution in [0.25, 0.3) is 0 Å². The van der Waals surface area contributed by atoms with Gasteiger partial charge < -0.3 is 14.2 Å². The lowest BCUT2D eigenvalue weighted by Crippen LogP contribution is -2.30. The Morgan fingerprint density at radius 2 is 0.662 bits per heavy atom. The lowest BCUT2D eigenvalue weighted by molar-refractivity contribution is -0.167. The van der Waals surface area contributed by atoms with E-state index in [1.165, 1.54) is 109 Å². The molecular weight excluding hydrogens is 841 g/mol. The topological polar surface area (TPSA) is 78.9 Å². The molecule has 0 fully saturated rings. The van der Waals surface area contributed by atoms with E-state index in [0.29, 0.717) is 19.3 Å². The van der Waals surface area contributed by atoms with Gasteiger partial charge in [-0.2, -0.15) is 0 Å². The van der Waals surface area contributed by atoms with E-state index in [0.717, 1.165) is 89.9 Å². The Hall–Kier alpha value is -3.93. The van der Waals surface area contributed by atoms with Crippen LogP contribution in [0.5, 0.6) is 0 Å². The van der Waals surface area contributed by atoms with Gasteiger partial charge in [0, 0.05) is 19.3 Å². The predicted octanol–water partition coefficient (Wildman–Crippen LogP) is 18.7. The molecule has 386 valence electrons. The Labute approximate surface area is 419 Å². The molecular formula is C62H102O6. The molecule has 0 rings (SSSR count). The highest BCUT2D eigenvalue weighted by atomic mass is 16.6. The van der Waals surface area contributed by atoms with Crippen LogP contribution in [-0.2, 0) is 28.6 Å². The minimum Gasteiger partial charge on any atom is -0.462 e. The Bertz CT molecular complexity index is 1410. The van der Waals surface area contributed by atoms with E-state index in [-0.39, 0.29) is 37.5 Å². The predicted molar refractivity (Wildman–Crippen MR) is 293 cm³/mol. The lowest BCUT2D eigenvalue weighted by atomic mass is 10.0. The lowest BCUT2D eigenvalue weighted by Gasteiger charge is -2.18. The molecule has 0 saturated carbocycles. The van der Waals surface area contributed by atoms with Crippen LogP contribution in [0.2, 0.25) is 0 Å². The standard InChI is InChI=1S/C62H102O6/c1-4-7-10-13-16-19-22-25-27-29-31-33-34-37-40-43-46-49-52-55-61(64)67-58-59(57-66-60(63)54-51-48-45-42-39-36-24-21-18-15-12-9-6-3)68-62(65)56-53-50-47-44-41-38-35-32-30-28-26-23-20-17-14-11-8-5-2/h7,9-10,12,15-16,18-19,21,24-25,27,31,33,36,39,42,45,59H,4-6,8,11,13-14,17,20,22-23,26,28-30,32,34-35,37-38,40-41,43-44,46-58H2,1-3H3/b10-7+,12-9+,18-15+,19-16+,24-21+,27-25+,33-31+,39-36+,45-42+. The first-order valence-corrected chi connectivity index (χ1v) is 28.0. The van der Waals surface area contributed by atoms with Crippen LogP contribution in [0, 0.1) is 0 Å². The monoisotopic (exact) mass is 943 g/mol. The summed E-state index contributed by atoms with van der Waals surface area (Å²) in [5.41, 5.74) is 0. The van der Waals surface area contributed by atoms with Gasteiger partial charge in [0.05, 0.1) is 0 Å². The van der Waals surface area contributed by atoms with Gasteiger partial charge in [-0.3, -0.25) is 14.4 Å². The van der Waals surface area contributed by atoms with Gasteiger partial charge in [-0.25, -0.2) is 0 Å². The number of unbranched alkanes of at least 4 members (excludes halogenated alkanes) is 24. The Balaban J connectivity index is 4.46. The van der Waals surface area contributed by atoms with Gasteiger partial charge in [0.1, 0.15) is 13.2 Å². The summed E-state index contributed by atoms with van der Waals surface area (Å²) in [6.45, 7) is 6.32. The first kappa shape index (κ1) is 64.1. The largest absolute Gasteiger partial charge is 0.462 e. The smallest absolute Gasteiger partial charge is 0.306 e. The number of esters is 3. The molecule has 0 heterocycles. The molecule has 1 unspecified atom stereocenters. The van der Waals surface area contributed by atoms with E-state index in [4.69, 9.17) is 14.2 Å². The van der Waals surface area contributed by atoms with Crippen LogP contribution in [0.1, 0.15) is 245 Å². The molecule has 0 radical (unpaired) electrons. The number of carbonyl (C=O) groups excluding carboxylic acids is 3. The maximum Gasteiger partial charge on any atom is 0.306 e. The van der Waals surface area contributed by atoms with Gasteiger partial charge in [0.15, 0.2) is 6.10 Å². The van der Waals surface area contributed by atoms with Crippen molar-refractivity contribution in [1.82, 2.24) is 0 Å². The Morgan fingerprint density at radius 3 is 1.12 bits per heavy atom. The van der Waals surface area contributed by atoms with Crippen molar-refractivity contribution in [2.45, 2.75) is 252 Å². The summed E-state index contributed by atoms with van der Waals surface area (Å²) < 4.78 is 16.8. The third kappa shape index (κ3) is 53.0. The number of allylic oxidation sites excluding steroid dienone is 18. The van der Waals surface area contributed by atoms with Gasteiger partial charge >= 0.3 is 17.9 Å². The van der Waals surface area contributed by atoms with Crippen molar-refractivity contribution >= 4 is 17.9 Å². The Kier molecular flexibility index (Phi) is 52.4. The molecule has 0 aliphatic heterocycles. The molecule has 1 atom stereocenters. The fourth-order valence-electron chi connectivity index (χ4n) is 7.52. The summed E-state index contributed by atoms with van der Waals surface area (Å²) in [7, 11) is 0. The van der Waals surface area contributed by atoms with Crippen LogP contribution in [0.3, 0.4) is 0 Å². The average molecular weight is 943 g/mol. The van der Waals surface area contributed by atoms with Crippen LogP contribution >= 0.6 is 0 Å². The van der Waals surface area contributed by atoms with Crippen molar-refractivity contribution in [3.05, 3.63) is 109 Å². The average Bonchev–Trinajstić information content (AvgIpc) is 3.34. The van der Waals surface area contributed by atoms with Gasteiger partial charge in [-0.1, -0.05) is 265 Å².